The van der Waals surface area contributed by atoms with Crippen LogP contribution in [-0.4, -0.2) is 34.1 Å². The summed E-state index contributed by atoms with van der Waals surface area (Å²) < 4.78 is 7.63. The Kier molecular flexibility index (Phi) is 3.23. The van der Waals surface area contributed by atoms with Crippen molar-refractivity contribution in [3.63, 3.8) is 0 Å². The molecule has 1 aromatic carbocycles. The van der Waals surface area contributed by atoms with Gasteiger partial charge in [-0.15, -0.1) is 0 Å². The Morgan fingerprint density at radius 1 is 1.47 bits per heavy atom. The molecule has 1 atom stereocenters. The van der Waals surface area contributed by atoms with Gasteiger partial charge in [0.1, 0.15) is 11.9 Å². The molecule has 1 aliphatic rings. The van der Waals surface area contributed by atoms with Gasteiger partial charge in [-0.25, -0.2) is 0 Å². The van der Waals surface area contributed by atoms with E-state index >= 15 is 0 Å². The first-order valence-corrected chi connectivity index (χ1v) is 6.44. The van der Waals surface area contributed by atoms with Gasteiger partial charge < -0.3 is 15.6 Å². The van der Waals surface area contributed by atoms with E-state index in [2.05, 4.69) is 11.2 Å². The van der Waals surface area contributed by atoms with Crippen LogP contribution in [0.2, 0.25) is 0 Å². The van der Waals surface area contributed by atoms with Crippen LogP contribution in [0.1, 0.15) is 5.56 Å². The maximum Gasteiger partial charge on any atom is 0.131 e. The van der Waals surface area contributed by atoms with E-state index in [0.29, 0.717) is 13.1 Å². The summed E-state index contributed by atoms with van der Waals surface area (Å²) in [7, 11) is 0. The number of fused-ring (bicyclic) bond motifs is 1. The molecule has 1 aliphatic heterocycles. The number of nitrogens with two attached hydrogens (primary N) is 1. The van der Waals surface area contributed by atoms with Crippen LogP contribution in [0.25, 0.3) is 11.1 Å². The minimum Gasteiger partial charge on any atom is -0.488 e. The molecule has 3 rings (SSSR count). The summed E-state index contributed by atoms with van der Waals surface area (Å²) in [4.78, 5) is 0. The summed E-state index contributed by atoms with van der Waals surface area (Å²) in [6, 6.07) is 6.13. The summed E-state index contributed by atoms with van der Waals surface area (Å²) in [5.41, 5.74) is 8.92. The minimum atomic E-state index is 0.0728. The largest absolute Gasteiger partial charge is 0.488 e. The lowest BCUT2D eigenvalue weighted by Crippen LogP contribution is -2.24. The van der Waals surface area contributed by atoms with E-state index in [-0.39, 0.29) is 12.7 Å². The lowest BCUT2D eigenvalue weighted by molar-refractivity contribution is 0.242. The minimum absolute atomic E-state index is 0.0728. The zero-order chi connectivity index (χ0) is 13.2. The number of benzene rings is 1. The van der Waals surface area contributed by atoms with Gasteiger partial charge in [-0.05, 0) is 5.56 Å². The zero-order valence-corrected chi connectivity index (χ0v) is 10.6. The van der Waals surface area contributed by atoms with Gasteiger partial charge in [-0.3, -0.25) is 4.68 Å². The Morgan fingerprint density at radius 2 is 2.37 bits per heavy atom. The Hall–Kier alpha value is -1.85. The summed E-state index contributed by atoms with van der Waals surface area (Å²) in [6.45, 7) is 1.11. The highest BCUT2D eigenvalue weighted by atomic mass is 16.5. The van der Waals surface area contributed by atoms with Crippen LogP contribution in [-0.2, 0) is 13.0 Å². The van der Waals surface area contributed by atoms with Crippen LogP contribution in [0, 0.1) is 0 Å². The standard InChI is InChI=1S/C14H17N3O2/c15-7-12-6-10-2-1-3-13(14(10)19-12)11-8-16-17(9-11)4-5-18/h1-3,8-9,12,18H,4-7,15H2/t12-/m0/s1. The quantitative estimate of drug-likeness (QED) is 0.852. The van der Waals surface area contributed by atoms with E-state index in [1.54, 1.807) is 10.9 Å². The molecule has 0 radical (unpaired) electrons. The van der Waals surface area contributed by atoms with E-state index in [1.807, 2.05) is 18.3 Å². The van der Waals surface area contributed by atoms with Gasteiger partial charge in [-0.1, -0.05) is 18.2 Å². The molecule has 0 aliphatic carbocycles. The second kappa shape index (κ2) is 5.03. The van der Waals surface area contributed by atoms with Crippen molar-refractivity contribution >= 4 is 0 Å². The van der Waals surface area contributed by atoms with Gasteiger partial charge in [0.2, 0.25) is 0 Å². The molecule has 0 saturated heterocycles. The molecule has 5 heteroatoms. The van der Waals surface area contributed by atoms with Gasteiger partial charge in [0.05, 0.1) is 19.3 Å². The Morgan fingerprint density at radius 3 is 3.16 bits per heavy atom. The van der Waals surface area contributed by atoms with Crippen molar-refractivity contribution in [3.05, 3.63) is 36.2 Å². The van der Waals surface area contributed by atoms with Crippen LogP contribution >= 0.6 is 0 Å². The highest BCUT2D eigenvalue weighted by molar-refractivity contribution is 5.72. The fourth-order valence-electron chi connectivity index (χ4n) is 2.42. The second-order valence-electron chi connectivity index (χ2n) is 4.69. The Bertz CT molecular complexity index is 580. The summed E-state index contributed by atoms with van der Waals surface area (Å²) >= 11 is 0. The van der Waals surface area contributed by atoms with Crippen molar-refractivity contribution in [2.75, 3.05) is 13.2 Å². The van der Waals surface area contributed by atoms with Crippen LogP contribution in [0.4, 0.5) is 0 Å². The molecule has 100 valence electrons. The third kappa shape index (κ3) is 2.22. The monoisotopic (exact) mass is 259 g/mol. The van der Waals surface area contributed by atoms with E-state index < -0.39 is 0 Å². The number of nitrogens with zero attached hydrogens (tertiary/aromatic N) is 2. The van der Waals surface area contributed by atoms with E-state index in [1.165, 1.54) is 5.56 Å². The molecule has 0 amide bonds. The second-order valence-corrected chi connectivity index (χ2v) is 4.69. The molecular formula is C14H17N3O2. The first kappa shape index (κ1) is 12.2. The molecule has 3 N–H and O–H groups in total. The predicted octanol–water partition coefficient (Wildman–Crippen LogP) is 0.805. The van der Waals surface area contributed by atoms with Gasteiger partial charge in [0.15, 0.2) is 0 Å². The van der Waals surface area contributed by atoms with Gasteiger partial charge in [0, 0.05) is 30.3 Å². The fourth-order valence-corrected chi connectivity index (χ4v) is 2.42. The Balaban J connectivity index is 1.95. The SMILES string of the molecule is NC[C@@H]1Cc2cccc(-c3cnn(CCO)c3)c2O1. The zero-order valence-electron chi connectivity index (χ0n) is 10.6. The van der Waals surface area contributed by atoms with E-state index in [0.717, 1.165) is 23.3 Å². The molecule has 2 heterocycles. The van der Waals surface area contributed by atoms with Crippen molar-refractivity contribution in [1.82, 2.24) is 9.78 Å². The molecule has 2 aromatic rings. The number of aliphatic hydroxyl groups is 1. The number of rotatable bonds is 4. The molecule has 0 unspecified atom stereocenters. The van der Waals surface area contributed by atoms with E-state index in [9.17, 15) is 0 Å². The normalized spacial score (nSPS) is 17.3. The lowest BCUT2D eigenvalue weighted by Gasteiger charge is -2.09. The maximum atomic E-state index is 8.92. The van der Waals surface area contributed by atoms with Crippen LogP contribution in [0.15, 0.2) is 30.6 Å². The Labute approximate surface area is 111 Å². The van der Waals surface area contributed by atoms with Crippen molar-refractivity contribution < 1.29 is 9.84 Å². The average Bonchev–Trinajstić information content (AvgIpc) is 3.04. The van der Waals surface area contributed by atoms with Crippen molar-refractivity contribution in [3.8, 4) is 16.9 Å². The maximum absolute atomic E-state index is 8.92. The lowest BCUT2D eigenvalue weighted by atomic mass is 10.0. The molecule has 19 heavy (non-hydrogen) atoms. The smallest absolute Gasteiger partial charge is 0.131 e. The predicted molar refractivity (Wildman–Crippen MR) is 71.9 cm³/mol. The summed E-state index contributed by atoms with van der Waals surface area (Å²) in [6.07, 6.45) is 4.66. The third-order valence-corrected chi connectivity index (χ3v) is 3.36. The number of hydrogen-bond acceptors (Lipinski definition) is 4. The highest BCUT2D eigenvalue weighted by Gasteiger charge is 2.24. The van der Waals surface area contributed by atoms with Crippen LogP contribution in [0.3, 0.4) is 0 Å². The first-order chi connectivity index (χ1) is 9.31. The van der Waals surface area contributed by atoms with Crippen molar-refractivity contribution in [2.45, 2.75) is 19.1 Å². The van der Waals surface area contributed by atoms with Gasteiger partial charge in [0.25, 0.3) is 0 Å². The number of aromatic nitrogens is 2. The third-order valence-electron chi connectivity index (χ3n) is 3.36. The molecule has 0 fully saturated rings. The van der Waals surface area contributed by atoms with Gasteiger partial charge in [-0.2, -0.15) is 5.10 Å². The topological polar surface area (TPSA) is 73.3 Å². The number of aliphatic hydroxyl groups excluding tert-OH is 1. The number of ether oxygens (including phenoxy) is 1. The summed E-state index contributed by atoms with van der Waals surface area (Å²) in [5, 5.41) is 13.1. The fraction of sp³-hybridized carbons (Fsp3) is 0.357. The number of para-hydroxylation sites is 1. The van der Waals surface area contributed by atoms with Crippen molar-refractivity contribution in [1.29, 1.82) is 0 Å². The molecule has 0 saturated carbocycles. The van der Waals surface area contributed by atoms with Crippen LogP contribution < -0.4 is 10.5 Å². The summed E-state index contributed by atoms with van der Waals surface area (Å²) in [5.74, 6) is 0.918. The average molecular weight is 259 g/mol. The van der Waals surface area contributed by atoms with E-state index in [4.69, 9.17) is 15.6 Å². The number of hydrogen-bond donors (Lipinski definition) is 2. The van der Waals surface area contributed by atoms with Crippen molar-refractivity contribution in [2.24, 2.45) is 5.73 Å². The van der Waals surface area contributed by atoms with Crippen LogP contribution in [0.5, 0.6) is 5.75 Å². The first-order valence-electron chi connectivity index (χ1n) is 6.44. The highest BCUT2D eigenvalue weighted by Crippen LogP contribution is 2.38. The molecule has 0 spiro atoms. The molecular weight excluding hydrogens is 242 g/mol. The molecule has 5 nitrogen and oxygen atoms in total. The molecule has 1 aromatic heterocycles. The molecule has 0 bridgehead atoms. The van der Waals surface area contributed by atoms with Gasteiger partial charge >= 0.3 is 0 Å².